The Kier molecular flexibility index (Phi) is 5.07. The average Bonchev–Trinajstić information content (AvgIpc) is 2.86. The third kappa shape index (κ3) is 3.61. The molecular weight excluding hydrogens is 330 g/mol. The van der Waals surface area contributed by atoms with Crippen LogP contribution < -0.4 is 9.64 Å². The molecule has 1 heterocycles. The molecule has 1 amide bonds. The molecule has 3 rings (SSSR count). The van der Waals surface area contributed by atoms with Crippen molar-refractivity contribution in [1.29, 1.82) is 0 Å². The molecule has 0 atom stereocenters. The van der Waals surface area contributed by atoms with Gasteiger partial charge in [0.25, 0.3) is 5.91 Å². The minimum Gasteiger partial charge on any atom is -0.481 e. The van der Waals surface area contributed by atoms with Crippen molar-refractivity contribution in [3.05, 3.63) is 59.7 Å². The van der Waals surface area contributed by atoms with E-state index in [1.807, 2.05) is 36.4 Å². The summed E-state index contributed by atoms with van der Waals surface area (Å²) in [5, 5.41) is 8.84. The fourth-order valence-corrected chi connectivity index (χ4v) is 3.02. The van der Waals surface area contributed by atoms with Crippen LogP contribution in [0.2, 0.25) is 0 Å². The van der Waals surface area contributed by atoms with Crippen LogP contribution in [0, 0.1) is 5.92 Å². The SMILES string of the molecule is CC(C)CN1C(=O)/C(=C\c2ccccc2OCC(=O)O)c2ccccc21. The van der Waals surface area contributed by atoms with E-state index in [9.17, 15) is 9.59 Å². The van der Waals surface area contributed by atoms with Gasteiger partial charge in [0.2, 0.25) is 0 Å². The van der Waals surface area contributed by atoms with Crippen LogP contribution in [0.3, 0.4) is 0 Å². The van der Waals surface area contributed by atoms with Crippen molar-refractivity contribution < 1.29 is 19.4 Å². The van der Waals surface area contributed by atoms with E-state index in [0.717, 1.165) is 11.3 Å². The van der Waals surface area contributed by atoms with Crippen molar-refractivity contribution in [3.63, 3.8) is 0 Å². The third-order valence-corrected chi connectivity index (χ3v) is 4.08. The zero-order chi connectivity index (χ0) is 18.7. The molecule has 0 spiro atoms. The number of para-hydroxylation sites is 2. The Morgan fingerprint density at radius 1 is 1.15 bits per heavy atom. The van der Waals surface area contributed by atoms with Gasteiger partial charge in [-0.2, -0.15) is 0 Å². The van der Waals surface area contributed by atoms with E-state index in [-0.39, 0.29) is 5.91 Å². The Bertz CT molecular complexity index is 870. The summed E-state index contributed by atoms with van der Waals surface area (Å²) in [5.74, 6) is -0.307. The van der Waals surface area contributed by atoms with Crippen molar-refractivity contribution in [2.75, 3.05) is 18.1 Å². The number of hydrogen-bond donors (Lipinski definition) is 1. The maximum absolute atomic E-state index is 13.0. The number of amides is 1. The fraction of sp³-hybridized carbons (Fsp3) is 0.238. The lowest BCUT2D eigenvalue weighted by Gasteiger charge is -2.19. The Morgan fingerprint density at radius 3 is 2.58 bits per heavy atom. The maximum atomic E-state index is 13.0. The molecule has 0 bridgehead atoms. The lowest BCUT2D eigenvalue weighted by atomic mass is 10.0. The topological polar surface area (TPSA) is 66.8 Å². The van der Waals surface area contributed by atoms with Gasteiger partial charge in [0, 0.05) is 23.2 Å². The van der Waals surface area contributed by atoms with Crippen molar-refractivity contribution >= 4 is 29.2 Å². The molecule has 134 valence electrons. The number of carbonyl (C=O) groups is 2. The lowest BCUT2D eigenvalue weighted by molar-refractivity contribution is -0.139. The quantitative estimate of drug-likeness (QED) is 0.806. The van der Waals surface area contributed by atoms with Gasteiger partial charge < -0.3 is 14.7 Å². The molecule has 5 nitrogen and oxygen atoms in total. The molecule has 1 aliphatic rings. The largest absolute Gasteiger partial charge is 0.481 e. The molecule has 0 aromatic heterocycles. The first kappa shape index (κ1) is 17.7. The van der Waals surface area contributed by atoms with Gasteiger partial charge in [0.1, 0.15) is 5.75 Å². The fourth-order valence-electron chi connectivity index (χ4n) is 3.02. The predicted molar refractivity (Wildman–Crippen MR) is 101 cm³/mol. The number of carboxylic acid groups (broad SMARTS) is 1. The molecule has 5 heteroatoms. The minimum absolute atomic E-state index is 0.0482. The van der Waals surface area contributed by atoms with Crippen molar-refractivity contribution in [1.82, 2.24) is 0 Å². The van der Waals surface area contributed by atoms with Crippen LogP contribution in [-0.4, -0.2) is 30.1 Å². The van der Waals surface area contributed by atoms with E-state index < -0.39 is 12.6 Å². The van der Waals surface area contributed by atoms with Gasteiger partial charge in [-0.1, -0.05) is 50.2 Å². The van der Waals surface area contributed by atoms with Gasteiger partial charge in [0.05, 0.1) is 5.69 Å². The van der Waals surface area contributed by atoms with Crippen LogP contribution >= 0.6 is 0 Å². The first-order chi connectivity index (χ1) is 12.5. The second kappa shape index (κ2) is 7.44. The van der Waals surface area contributed by atoms with E-state index in [0.29, 0.717) is 29.3 Å². The molecule has 2 aromatic carbocycles. The Hall–Kier alpha value is -3.08. The molecule has 0 aliphatic carbocycles. The molecular formula is C21H21NO4. The smallest absolute Gasteiger partial charge is 0.341 e. The van der Waals surface area contributed by atoms with E-state index in [2.05, 4.69) is 13.8 Å². The van der Waals surface area contributed by atoms with Crippen LogP contribution in [0.5, 0.6) is 5.75 Å². The molecule has 0 unspecified atom stereocenters. The van der Waals surface area contributed by atoms with Crippen LogP contribution in [0.4, 0.5) is 5.69 Å². The number of aliphatic carboxylic acids is 1. The number of anilines is 1. The van der Waals surface area contributed by atoms with Gasteiger partial charge in [-0.25, -0.2) is 4.79 Å². The molecule has 1 N–H and O–H groups in total. The second-order valence-corrected chi connectivity index (χ2v) is 6.61. The summed E-state index contributed by atoms with van der Waals surface area (Å²) >= 11 is 0. The standard InChI is InChI=1S/C21H21NO4/c1-14(2)12-22-18-9-5-4-8-16(18)17(21(22)25)11-15-7-3-6-10-19(15)26-13-20(23)24/h3-11,14H,12-13H2,1-2H3,(H,23,24)/b17-11-. The summed E-state index contributed by atoms with van der Waals surface area (Å²) in [7, 11) is 0. The number of hydrogen-bond acceptors (Lipinski definition) is 3. The van der Waals surface area contributed by atoms with Gasteiger partial charge in [-0.15, -0.1) is 0 Å². The number of nitrogens with zero attached hydrogens (tertiary/aromatic N) is 1. The van der Waals surface area contributed by atoms with Crippen molar-refractivity contribution in [3.8, 4) is 5.75 Å². The van der Waals surface area contributed by atoms with Crippen molar-refractivity contribution in [2.24, 2.45) is 5.92 Å². The van der Waals surface area contributed by atoms with Gasteiger partial charge in [-0.3, -0.25) is 4.79 Å². The number of carbonyl (C=O) groups excluding carboxylic acids is 1. The van der Waals surface area contributed by atoms with Gasteiger partial charge in [-0.05, 0) is 24.1 Å². The van der Waals surface area contributed by atoms with E-state index in [4.69, 9.17) is 9.84 Å². The van der Waals surface area contributed by atoms with Crippen molar-refractivity contribution in [2.45, 2.75) is 13.8 Å². The lowest BCUT2D eigenvalue weighted by Crippen LogP contribution is -2.30. The highest BCUT2D eigenvalue weighted by Crippen LogP contribution is 2.38. The molecule has 0 saturated carbocycles. The second-order valence-electron chi connectivity index (χ2n) is 6.61. The highest BCUT2D eigenvalue weighted by Gasteiger charge is 2.32. The van der Waals surface area contributed by atoms with Crippen LogP contribution in [0.15, 0.2) is 48.5 Å². The summed E-state index contributed by atoms with van der Waals surface area (Å²) in [6.45, 7) is 4.37. The Balaban J connectivity index is 2.01. The highest BCUT2D eigenvalue weighted by molar-refractivity contribution is 6.35. The highest BCUT2D eigenvalue weighted by atomic mass is 16.5. The summed E-state index contributed by atoms with van der Waals surface area (Å²) in [6.07, 6.45) is 1.78. The minimum atomic E-state index is -1.04. The predicted octanol–water partition coefficient (Wildman–Crippen LogP) is 3.69. The Labute approximate surface area is 152 Å². The molecule has 0 fully saturated rings. The summed E-state index contributed by atoms with van der Waals surface area (Å²) in [4.78, 5) is 25.6. The number of fused-ring (bicyclic) bond motifs is 1. The number of ether oxygens (including phenoxy) is 1. The molecule has 2 aromatic rings. The third-order valence-electron chi connectivity index (χ3n) is 4.08. The first-order valence-corrected chi connectivity index (χ1v) is 8.54. The molecule has 26 heavy (non-hydrogen) atoms. The van der Waals surface area contributed by atoms with Crippen LogP contribution in [-0.2, 0) is 9.59 Å². The van der Waals surface area contributed by atoms with E-state index in [1.165, 1.54) is 0 Å². The first-order valence-electron chi connectivity index (χ1n) is 8.54. The van der Waals surface area contributed by atoms with Crippen LogP contribution in [0.1, 0.15) is 25.0 Å². The average molecular weight is 351 g/mol. The summed E-state index contributed by atoms with van der Waals surface area (Å²) in [5.41, 5.74) is 3.05. The Morgan fingerprint density at radius 2 is 1.85 bits per heavy atom. The number of benzene rings is 2. The van der Waals surface area contributed by atoms with E-state index >= 15 is 0 Å². The molecule has 1 aliphatic heterocycles. The van der Waals surface area contributed by atoms with Crippen LogP contribution in [0.25, 0.3) is 11.6 Å². The van der Waals surface area contributed by atoms with Gasteiger partial charge in [0.15, 0.2) is 6.61 Å². The number of carboxylic acids is 1. The molecule has 0 saturated heterocycles. The zero-order valence-corrected chi connectivity index (χ0v) is 14.8. The van der Waals surface area contributed by atoms with Gasteiger partial charge >= 0.3 is 5.97 Å². The zero-order valence-electron chi connectivity index (χ0n) is 14.8. The van der Waals surface area contributed by atoms with E-state index in [1.54, 1.807) is 23.1 Å². The molecule has 0 radical (unpaired) electrons. The normalized spacial score (nSPS) is 14.8. The summed E-state index contributed by atoms with van der Waals surface area (Å²) < 4.78 is 5.35. The monoisotopic (exact) mass is 351 g/mol. The summed E-state index contributed by atoms with van der Waals surface area (Å²) in [6, 6.07) is 14.8. The maximum Gasteiger partial charge on any atom is 0.341 e. The number of rotatable bonds is 6.